The molecule has 0 fully saturated rings. The summed E-state index contributed by atoms with van der Waals surface area (Å²) in [4.78, 5) is 12.9. The van der Waals surface area contributed by atoms with Crippen molar-refractivity contribution in [2.75, 3.05) is 7.11 Å². The van der Waals surface area contributed by atoms with Gasteiger partial charge in [0.2, 0.25) is 0 Å². The fourth-order valence-electron chi connectivity index (χ4n) is 3.87. The number of hydrogen-bond acceptors (Lipinski definition) is 2. The Kier molecular flexibility index (Phi) is 3.96. The molecule has 1 N–H and O–H groups in total. The number of amides is 1. The molecule has 0 saturated carbocycles. The predicted octanol–water partition coefficient (Wildman–Crippen LogP) is 3.99. The second-order valence-electron chi connectivity index (χ2n) is 6.60. The van der Waals surface area contributed by atoms with Crippen LogP contribution >= 0.6 is 0 Å². The van der Waals surface area contributed by atoms with Gasteiger partial charge in [-0.15, -0.1) is 0 Å². The lowest BCUT2D eigenvalue weighted by molar-refractivity contribution is 0.0925. The minimum absolute atomic E-state index is 0.0394. The van der Waals surface area contributed by atoms with Crippen LogP contribution in [0.4, 0.5) is 0 Å². The van der Waals surface area contributed by atoms with E-state index in [0.717, 1.165) is 35.9 Å². The topological polar surface area (TPSA) is 43.3 Å². The molecule has 4 rings (SSSR count). The third-order valence-electron chi connectivity index (χ3n) is 5.17. The lowest BCUT2D eigenvalue weighted by Crippen LogP contribution is -2.32. The van der Waals surface area contributed by atoms with E-state index in [1.54, 1.807) is 7.11 Å². The molecule has 1 aromatic heterocycles. The monoisotopic (exact) mass is 334 g/mol. The molecule has 1 amide bonds. The summed E-state index contributed by atoms with van der Waals surface area (Å²) in [5, 5.41) is 4.19. The number of fused-ring (bicyclic) bond motifs is 2. The molecule has 0 bridgehead atoms. The van der Waals surface area contributed by atoms with Gasteiger partial charge in [-0.2, -0.15) is 0 Å². The number of nitrogens with one attached hydrogen (secondary N) is 1. The third-order valence-corrected chi connectivity index (χ3v) is 5.17. The SMILES string of the molecule is COc1cccc2c1cc(C(=O)NC1CCCc3ccccc31)n2C. The normalized spacial score (nSPS) is 16.5. The maximum Gasteiger partial charge on any atom is 0.268 e. The van der Waals surface area contributed by atoms with Gasteiger partial charge >= 0.3 is 0 Å². The van der Waals surface area contributed by atoms with E-state index in [4.69, 9.17) is 4.74 Å². The highest BCUT2D eigenvalue weighted by Crippen LogP contribution is 2.31. The molecule has 128 valence electrons. The summed E-state index contributed by atoms with van der Waals surface area (Å²) in [6.07, 6.45) is 3.18. The summed E-state index contributed by atoms with van der Waals surface area (Å²) in [6, 6.07) is 16.3. The molecule has 2 aromatic carbocycles. The lowest BCUT2D eigenvalue weighted by atomic mass is 9.87. The molecule has 1 aliphatic rings. The number of nitrogens with zero attached hydrogens (tertiary/aromatic N) is 1. The van der Waals surface area contributed by atoms with Gasteiger partial charge in [0.1, 0.15) is 11.4 Å². The highest BCUT2D eigenvalue weighted by molar-refractivity contribution is 6.00. The van der Waals surface area contributed by atoms with Crippen molar-refractivity contribution >= 4 is 16.8 Å². The second kappa shape index (κ2) is 6.28. The van der Waals surface area contributed by atoms with E-state index < -0.39 is 0 Å². The molecule has 0 aliphatic heterocycles. The minimum atomic E-state index is -0.0394. The molecule has 1 atom stereocenters. The van der Waals surface area contributed by atoms with Crippen molar-refractivity contribution < 1.29 is 9.53 Å². The largest absolute Gasteiger partial charge is 0.496 e. The van der Waals surface area contributed by atoms with Crippen LogP contribution in [0.1, 0.15) is 40.5 Å². The van der Waals surface area contributed by atoms with Crippen LogP contribution in [0.3, 0.4) is 0 Å². The van der Waals surface area contributed by atoms with Gasteiger partial charge in [-0.3, -0.25) is 4.79 Å². The van der Waals surface area contributed by atoms with Crippen LogP contribution < -0.4 is 10.1 Å². The Bertz CT molecular complexity index is 942. The quantitative estimate of drug-likeness (QED) is 0.787. The Morgan fingerprint density at radius 1 is 1.20 bits per heavy atom. The first-order valence-corrected chi connectivity index (χ1v) is 8.70. The van der Waals surface area contributed by atoms with Crippen LogP contribution in [-0.4, -0.2) is 17.6 Å². The number of hydrogen-bond donors (Lipinski definition) is 1. The van der Waals surface area contributed by atoms with E-state index in [0.29, 0.717) is 5.69 Å². The Morgan fingerprint density at radius 3 is 2.88 bits per heavy atom. The molecule has 4 nitrogen and oxygen atoms in total. The van der Waals surface area contributed by atoms with Crippen LogP contribution in [0, 0.1) is 0 Å². The first kappa shape index (κ1) is 15.8. The first-order chi connectivity index (χ1) is 12.2. The van der Waals surface area contributed by atoms with Crippen LogP contribution in [0.15, 0.2) is 48.5 Å². The maximum atomic E-state index is 12.9. The average Bonchev–Trinajstić information content (AvgIpc) is 2.99. The lowest BCUT2D eigenvalue weighted by Gasteiger charge is -2.26. The molecule has 4 heteroatoms. The molecule has 0 spiro atoms. The number of carbonyl (C=O) groups is 1. The number of benzene rings is 2. The van der Waals surface area contributed by atoms with Crippen molar-refractivity contribution in [3.8, 4) is 5.75 Å². The molecule has 0 saturated heterocycles. The van der Waals surface area contributed by atoms with Gasteiger partial charge in [0.15, 0.2) is 0 Å². The van der Waals surface area contributed by atoms with Gasteiger partial charge in [-0.05, 0) is 48.6 Å². The van der Waals surface area contributed by atoms with Crippen LogP contribution in [0.5, 0.6) is 5.75 Å². The summed E-state index contributed by atoms with van der Waals surface area (Å²) in [6.45, 7) is 0. The number of aromatic nitrogens is 1. The highest BCUT2D eigenvalue weighted by atomic mass is 16.5. The summed E-state index contributed by atoms with van der Waals surface area (Å²) in [5.74, 6) is 0.748. The second-order valence-corrected chi connectivity index (χ2v) is 6.60. The zero-order valence-electron chi connectivity index (χ0n) is 14.6. The number of methoxy groups -OCH3 is 1. The molecule has 1 aliphatic carbocycles. The van der Waals surface area contributed by atoms with Crippen molar-refractivity contribution in [1.82, 2.24) is 9.88 Å². The van der Waals surface area contributed by atoms with E-state index in [2.05, 4.69) is 23.5 Å². The molecule has 1 heterocycles. The smallest absolute Gasteiger partial charge is 0.268 e. The third kappa shape index (κ3) is 2.68. The minimum Gasteiger partial charge on any atom is -0.496 e. The fraction of sp³-hybridized carbons (Fsp3) is 0.286. The molecular weight excluding hydrogens is 312 g/mol. The van der Waals surface area contributed by atoms with Gasteiger partial charge in [-0.1, -0.05) is 30.3 Å². The van der Waals surface area contributed by atoms with Crippen molar-refractivity contribution in [2.24, 2.45) is 7.05 Å². The van der Waals surface area contributed by atoms with Gasteiger partial charge < -0.3 is 14.6 Å². The standard InChI is InChI=1S/C21H22N2O2/c1-23-18-11-6-12-20(25-2)16(18)13-19(23)21(24)22-17-10-5-8-14-7-3-4-9-15(14)17/h3-4,6-7,9,11-13,17H,5,8,10H2,1-2H3,(H,22,24). The van der Waals surface area contributed by atoms with Gasteiger partial charge in [0.25, 0.3) is 5.91 Å². The van der Waals surface area contributed by atoms with Gasteiger partial charge in [0, 0.05) is 12.4 Å². The molecule has 25 heavy (non-hydrogen) atoms. The van der Waals surface area contributed by atoms with Crippen LogP contribution in [0.25, 0.3) is 10.9 Å². The van der Waals surface area contributed by atoms with E-state index in [9.17, 15) is 4.79 Å². The maximum absolute atomic E-state index is 12.9. The summed E-state index contributed by atoms with van der Waals surface area (Å²) >= 11 is 0. The molecular formula is C21H22N2O2. The zero-order chi connectivity index (χ0) is 17.4. The van der Waals surface area contributed by atoms with Crippen molar-refractivity contribution in [3.63, 3.8) is 0 Å². The fourth-order valence-corrected chi connectivity index (χ4v) is 3.87. The van der Waals surface area contributed by atoms with Gasteiger partial charge in [0.05, 0.1) is 18.7 Å². The summed E-state index contributed by atoms with van der Waals surface area (Å²) in [7, 11) is 3.58. The zero-order valence-corrected chi connectivity index (χ0v) is 14.6. The number of aryl methyl sites for hydroxylation is 2. The Labute approximate surface area is 147 Å². The Morgan fingerprint density at radius 2 is 2.04 bits per heavy atom. The molecule has 1 unspecified atom stereocenters. The number of rotatable bonds is 3. The predicted molar refractivity (Wildman–Crippen MR) is 99.1 cm³/mol. The van der Waals surface area contributed by atoms with E-state index in [-0.39, 0.29) is 11.9 Å². The van der Waals surface area contributed by atoms with E-state index in [1.807, 2.05) is 41.9 Å². The Balaban J connectivity index is 1.67. The molecule has 3 aromatic rings. The van der Waals surface area contributed by atoms with Crippen LogP contribution in [-0.2, 0) is 13.5 Å². The number of carbonyl (C=O) groups excluding carboxylic acids is 1. The van der Waals surface area contributed by atoms with Gasteiger partial charge in [-0.25, -0.2) is 0 Å². The first-order valence-electron chi connectivity index (χ1n) is 8.70. The average molecular weight is 334 g/mol. The summed E-state index contributed by atoms with van der Waals surface area (Å²) in [5.41, 5.74) is 4.24. The molecule has 0 radical (unpaired) electrons. The van der Waals surface area contributed by atoms with Crippen molar-refractivity contribution in [3.05, 3.63) is 65.4 Å². The Hall–Kier alpha value is -2.75. The van der Waals surface area contributed by atoms with E-state index in [1.165, 1.54) is 11.1 Å². The van der Waals surface area contributed by atoms with E-state index >= 15 is 0 Å². The highest BCUT2D eigenvalue weighted by Gasteiger charge is 2.23. The van der Waals surface area contributed by atoms with Crippen LogP contribution in [0.2, 0.25) is 0 Å². The van der Waals surface area contributed by atoms with Crippen molar-refractivity contribution in [1.29, 1.82) is 0 Å². The van der Waals surface area contributed by atoms with Crippen molar-refractivity contribution in [2.45, 2.75) is 25.3 Å². The number of ether oxygens (including phenoxy) is 1. The summed E-state index contributed by atoms with van der Waals surface area (Å²) < 4.78 is 7.36.